The summed E-state index contributed by atoms with van der Waals surface area (Å²) in [6, 6.07) is 5.84. The van der Waals surface area contributed by atoms with Crippen LogP contribution in [0.15, 0.2) is 18.3 Å². The Bertz CT molecular complexity index is 416. The van der Waals surface area contributed by atoms with E-state index < -0.39 is 0 Å². The minimum atomic E-state index is 0.675. The van der Waals surface area contributed by atoms with Crippen molar-refractivity contribution in [3.05, 3.63) is 23.9 Å². The van der Waals surface area contributed by atoms with E-state index in [0.717, 1.165) is 24.3 Å². The molecule has 20 heavy (non-hydrogen) atoms. The molecule has 2 saturated carbocycles. The standard InChI is InChI=1S/C17H27N3/c1-13-3-8-16(9-4-13)20(2)17-10-5-14(12-19-17)11-18-15-6-7-15/h5,10,12-13,15-16,18H,3-4,6-9,11H2,1-2H3. The van der Waals surface area contributed by atoms with Crippen LogP contribution in [0.1, 0.15) is 51.0 Å². The second-order valence-corrected chi connectivity index (χ2v) is 6.70. The van der Waals surface area contributed by atoms with Crippen LogP contribution in [0.5, 0.6) is 0 Å². The lowest BCUT2D eigenvalue weighted by Crippen LogP contribution is -2.35. The minimum absolute atomic E-state index is 0.675. The number of hydrogen-bond donors (Lipinski definition) is 1. The SMILES string of the molecule is CC1CCC(N(C)c2ccc(CNC3CC3)cn2)CC1. The fourth-order valence-electron chi connectivity index (χ4n) is 3.10. The average molecular weight is 273 g/mol. The first-order valence-corrected chi connectivity index (χ1v) is 8.13. The zero-order valence-electron chi connectivity index (χ0n) is 12.8. The van der Waals surface area contributed by atoms with E-state index in [-0.39, 0.29) is 0 Å². The largest absolute Gasteiger partial charge is 0.357 e. The van der Waals surface area contributed by atoms with E-state index in [1.165, 1.54) is 44.1 Å². The summed E-state index contributed by atoms with van der Waals surface area (Å²) in [6.07, 6.45) is 10.1. The van der Waals surface area contributed by atoms with E-state index in [1.54, 1.807) is 0 Å². The Balaban J connectivity index is 1.55. The van der Waals surface area contributed by atoms with Gasteiger partial charge in [-0.2, -0.15) is 0 Å². The second kappa shape index (κ2) is 6.13. The molecule has 0 atom stereocenters. The highest BCUT2D eigenvalue weighted by Gasteiger charge is 2.23. The minimum Gasteiger partial charge on any atom is -0.357 e. The highest BCUT2D eigenvalue weighted by atomic mass is 15.2. The Morgan fingerprint density at radius 3 is 2.50 bits per heavy atom. The third-order valence-electron chi connectivity index (χ3n) is 4.88. The normalized spacial score (nSPS) is 26.5. The van der Waals surface area contributed by atoms with Crippen LogP contribution in [0.3, 0.4) is 0 Å². The molecule has 3 nitrogen and oxygen atoms in total. The van der Waals surface area contributed by atoms with Gasteiger partial charge in [-0.1, -0.05) is 13.0 Å². The van der Waals surface area contributed by atoms with Crippen LogP contribution < -0.4 is 10.2 Å². The molecular formula is C17H27N3. The number of rotatable bonds is 5. The summed E-state index contributed by atoms with van der Waals surface area (Å²) in [7, 11) is 2.20. The number of hydrogen-bond acceptors (Lipinski definition) is 3. The highest BCUT2D eigenvalue weighted by Crippen LogP contribution is 2.28. The molecule has 1 aromatic heterocycles. The van der Waals surface area contributed by atoms with Crippen molar-refractivity contribution in [1.82, 2.24) is 10.3 Å². The molecule has 2 fully saturated rings. The van der Waals surface area contributed by atoms with Gasteiger partial charge in [-0.3, -0.25) is 0 Å². The Kier molecular flexibility index (Phi) is 4.25. The maximum Gasteiger partial charge on any atom is 0.128 e. The van der Waals surface area contributed by atoms with Crippen molar-refractivity contribution in [2.24, 2.45) is 5.92 Å². The first-order chi connectivity index (χ1) is 9.72. The van der Waals surface area contributed by atoms with Gasteiger partial charge in [-0.15, -0.1) is 0 Å². The zero-order chi connectivity index (χ0) is 13.9. The summed E-state index contributed by atoms with van der Waals surface area (Å²) in [5.74, 6) is 2.03. The number of nitrogens with one attached hydrogen (secondary N) is 1. The van der Waals surface area contributed by atoms with Gasteiger partial charge in [0.2, 0.25) is 0 Å². The van der Waals surface area contributed by atoms with Crippen LogP contribution in [0.2, 0.25) is 0 Å². The third kappa shape index (κ3) is 3.51. The Hall–Kier alpha value is -1.09. The van der Waals surface area contributed by atoms with Gasteiger partial charge in [-0.05, 0) is 56.1 Å². The van der Waals surface area contributed by atoms with E-state index in [9.17, 15) is 0 Å². The van der Waals surface area contributed by atoms with Gasteiger partial charge in [0.1, 0.15) is 5.82 Å². The van der Waals surface area contributed by atoms with Gasteiger partial charge in [-0.25, -0.2) is 4.98 Å². The molecule has 3 heteroatoms. The average Bonchev–Trinajstić information content (AvgIpc) is 3.30. The summed E-state index contributed by atoms with van der Waals surface area (Å²) >= 11 is 0. The van der Waals surface area contributed by atoms with Crippen molar-refractivity contribution < 1.29 is 0 Å². The summed E-state index contributed by atoms with van der Waals surface area (Å²) in [5, 5.41) is 3.54. The van der Waals surface area contributed by atoms with Crippen molar-refractivity contribution in [3.63, 3.8) is 0 Å². The van der Waals surface area contributed by atoms with E-state index in [1.807, 2.05) is 6.20 Å². The Morgan fingerprint density at radius 1 is 1.15 bits per heavy atom. The maximum absolute atomic E-state index is 4.66. The predicted octanol–water partition coefficient (Wildman–Crippen LogP) is 3.35. The molecule has 1 heterocycles. The van der Waals surface area contributed by atoms with Crippen LogP contribution in [-0.2, 0) is 6.54 Å². The molecule has 2 aliphatic carbocycles. The van der Waals surface area contributed by atoms with Crippen molar-refractivity contribution in [2.75, 3.05) is 11.9 Å². The highest BCUT2D eigenvalue weighted by molar-refractivity contribution is 5.39. The van der Waals surface area contributed by atoms with Crippen molar-refractivity contribution in [3.8, 4) is 0 Å². The molecule has 0 radical (unpaired) electrons. The Labute approximate surface area is 122 Å². The molecule has 0 bridgehead atoms. The van der Waals surface area contributed by atoms with Gasteiger partial charge in [0.15, 0.2) is 0 Å². The lowest BCUT2D eigenvalue weighted by atomic mass is 9.87. The molecule has 0 saturated heterocycles. The van der Waals surface area contributed by atoms with E-state index in [4.69, 9.17) is 0 Å². The zero-order valence-corrected chi connectivity index (χ0v) is 12.8. The first-order valence-electron chi connectivity index (χ1n) is 8.13. The van der Waals surface area contributed by atoms with Crippen LogP contribution >= 0.6 is 0 Å². The third-order valence-corrected chi connectivity index (χ3v) is 4.88. The quantitative estimate of drug-likeness (QED) is 0.891. The van der Waals surface area contributed by atoms with Gasteiger partial charge >= 0.3 is 0 Å². The van der Waals surface area contributed by atoms with Crippen LogP contribution in [-0.4, -0.2) is 24.1 Å². The second-order valence-electron chi connectivity index (χ2n) is 6.70. The van der Waals surface area contributed by atoms with Gasteiger partial charge < -0.3 is 10.2 Å². The summed E-state index contributed by atoms with van der Waals surface area (Å²) in [4.78, 5) is 7.04. The van der Waals surface area contributed by atoms with E-state index >= 15 is 0 Å². The maximum atomic E-state index is 4.66. The molecule has 2 aliphatic rings. The number of anilines is 1. The van der Waals surface area contributed by atoms with Crippen molar-refractivity contribution in [1.29, 1.82) is 0 Å². The van der Waals surface area contributed by atoms with E-state index in [2.05, 4.69) is 41.3 Å². The molecule has 110 valence electrons. The molecule has 3 rings (SSSR count). The lowest BCUT2D eigenvalue weighted by Gasteiger charge is -2.34. The number of aromatic nitrogens is 1. The van der Waals surface area contributed by atoms with Crippen LogP contribution in [0, 0.1) is 5.92 Å². The summed E-state index contributed by atoms with van der Waals surface area (Å²) in [5.41, 5.74) is 1.30. The molecule has 0 amide bonds. The number of nitrogens with zero attached hydrogens (tertiary/aromatic N) is 2. The van der Waals surface area contributed by atoms with Gasteiger partial charge in [0.25, 0.3) is 0 Å². The monoisotopic (exact) mass is 273 g/mol. The summed E-state index contributed by atoms with van der Waals surface area (Å²) in [6.45, 7) is 3.33. The first kappa shape index (κ1) is 13.9. The molecule has 1 aromatic rings. The van der Waals surface area contributed by atoms with E-state index in [0.29, 0.717) is 6.04 Å². The molecule has 0 aliphatic heterocycles. The summed E-state index contributed by atoms with van der Waals surface area (Å²) < 4.78 is 0. The van der Waals surface area contributed by atoms with Gasteiger partial charge in [0.05, 0.1) is 0 Å². The van der Waals surface area contributed by atoms with Crippen molar-refractivity contribution in [2.45, 2.75) is 64.1 Å². The molecule has 0 aromatic carbocycles. The predicted molar refractivity (Wildman–Crippen MR) is 83.9 cm³/mol. The fraction of sp³-hybridized carbons (Fsp3) is 0.706. The molecule has 0 spiro atoms. The van der Waals surface area contributed by atoms with Crippen LogP contribution in [0.4, 0.5) is 5.82 Å². The molecular weight excluding hydrogens is 246 g/mol. The fourth-order valence-corrected chi connectivity index (χ4v) is 3.10. The van der Waals surface area contributed by atoms with Crippen LogP contribution in [0.25, 0.3) is 0 Å². The van der Waals surface area contributed by atoms with Crippen molar-refractivity contribution >= 4 is 5.82 Å². The lowest BCUT2D eigenvalue weighted by molar-refractivity contribution is 0.340. The molecule has 1 N–H and O–H groups in total. The molecule has 0 unspecified atom stereocenters. The Morgan fingerprint density at radius 2 is 1.90 bits per heavy atom. The van der Waals surface area contributed by atoms with Gasteiger partial charge in [0, 0.05) is 31.9 Å². The number of pyridine rings is 1. The smallest absolute Gasteiger partial charge is 0.128 e. The topological polar surface area (TPSA) is 28.2 Å².